The fraction of sp³-hybridized carbons (Fsp3) is 0.375. The Hall–Kier alpha value is -2.74. The lowest BCUT2D eigenvalue weighted by molar-refractivity contribution is -0.389. The second kappa shape index (κ2) is 7.69. The highest BCUT2D eigenvalue weighted by Crippen LogP contribution is 2.16. The molecule has 0 bridgehead atoms. The zero-order chi connectivity index (χ0) is 17.7. The summed E-state index contributed by atoms with van der Waals surface area (Å²) in [7, 11) is 0. The van der Waals surface area contributed by atoms with Gasteiger partial charge in [0, 0.05) is 26.4 Å². The van der Waals surface area contributed by atoms with Crippen molar-refractivity contribution in [2.45, 2.75) is 32.9 Å². The molecule has 1 unspecified atom stereocenters. The summed E-state index contributed by atoms with van der Waals surface area (Å²) < 4.78 is 1.56. The third kappa shape index (κ3) is 4.39. The Bertz CT molecular complexity index is 741. The maximum atomic E-state index is 11.9. The molecule has 2 rings (SSSR count). The highest BCUT2D eigenvalue weighted by Gasteiger charge is 2.16. The number of imidazole rings is 1. The molecule has 0 radical (unpaired) electrons. The fourth-order valence-corrected chi connectivity index (χ4v) is 2.40. The first-order valence-electron chi connectivity index (χ1n) is 7.57. The van der Waals surface area contributed by atoms with Crippen LogP contribution in [0.25, 0.3) is 0 Å². The first-order valence-corrected chi connectivity index (χ1v) is 7.57. The molecule has 1 amide bonds. The van der Waals surface area contributed by atoms with E-state index in [0.29, 0.717) is 12.4 Å². The number of rotatable bonds is 7. The van der Waals surface area contributed by atoms with E-state index in [9.17, 15) is 20.0 Å². The molecule has 0 aliphatic heterocycles. The lowest BCUT2D eigenvalue weighted by atomic mass is 10.0. The number of carbonyl (C=O) groups is 1. The van der Waals surface area contributed by atoms with Crippen molar-refractivity contribution in [3.8, 4) is 0 Å². The number of aromatic nitrogens is 2. The molecule has 1 heterocycles. The van der Waals surface area contributed by atoms with Crippen molar-refractivity contribution in [3.63, 3.8) is 0 Å². The van der Waals surface area contributed by atoms with Crippen LogP contribution >= 0.6 is 0 Å². The fourth-order valence-electron chi connectivity index (χ4n) is 2.40. The van der Waals surface area contributed by atoms with E-state index in [0.717, 1.165) is 11.1 Å². The SMILES string of the molecule is Cc1ccccc1C(O)CNC(=O)CCn1cc([N+](=O)[O-])nc1C. The summed E-state index contributed by atoms with van der Waals surface area (Å²) >= 11 is 0. The molecule has 0 fully saturated rings. The van der Waals surface area contributed by atoms with Crippen LogP contribution in [0.1, 0.15) is 29.5 Å². The molecule has 2 N–H and O–H groups in total. The minimum absolute atomic E-state index is 0.118. The number of nitrogens with zero attached hydrogens (tertiary/aromatic N) is 3. The Balaban J connectivity index is 1.83. The Morgan fingerprint density at radius 2 is 2.12 bits per heavy atom. The molecule has 0 aliphatic rings. The predicted octanol–water partition coefficient (Wildman–Crippen LogP) is 1.65. The Labute approximate surface area is 139 Å². The van der Waals surface area contributed by atoms with Gasteiger partial charge >= 0.3 is 5.82 Å². The van der Waals surface area contributed by atoms with Crippen molar-refractivity contribution in [2.75, 3.05) is 6.54 Å². The van der Waals surface area contributed by atoms with Crippen molar-refractivity contribution in [1.29, 1.82) is 0 Å². The Morgan fingerprint density at radius 3 is 2.75 bits per heavy atom. The van der Waals surface area contributed by atoms with Crippen LogP contribution in [0, 0.1) is 24.0 Å². The molecular weight excluding hydrogens is 312 g/mol. The van der Waals surface area contributed by atoms with Crippen molar-refractivity contribution < 1.29 is 14.8 Å². The standard InChI is InChI=1S/C16H20N4O4/c1-11-5-3-4-6-13(11)14(21)9-17-16(22)7-8-19-10-15(20(23)24)18-12(19)2/h3-6,10,14,21H,7-9H2,1-2H3,(H,17,22). The molecule has 1 aromatic carbocycles. The quantitative estimate of drug-likeness (QED) is 0.591. The van der Waals surface area contributed by atoms with E-state index < -0.39 is 11.0 Å². The number of nitro groups is 1. The number of aliphatic hydroxyl groups is 1. The maximum Gasteiger partial charge on any atom is 0.381 e. The largest absolute Gasteiger partial charge is 0.387 e. The highest BCUT2D eigenvalue weighted by molar-refractivity contribution is 5.75. The molecule has 8 nitrogen and oxygen atoms in total. The van der Waals surface area contributed by atoms with Crippen LogP contribution in [0.3, 0.4) is 0 Å². The predicted molar refractivity (Wildman–Crippen MR) is 87.4 cm³/mol. The number of benzene rings is 1. The average molecular weight is 332 g/mol. The number of aliphatic hydroxyl groups excluding tert-OH is 1. The summed E-state index contributed by atoms with van der Waals surface area (Å²) in [6, 6.07) is 7.44. The van der Waals surface area contributed by atoms with Crippen LogP contribution in [-0.4, -0.2) is 32.0 Å². The summed E-state index contributed by atoms with van der Waals surface area (Å²) in [5.41, 5.74) is 1.74. The summed E-state index contributed by atoms with van der Waals surface area (Å²) in [4.78, 5) is 25.8. The topological polar surface area (TPSA) is 110 Å². The summed E-state index contributed by atoms with van der Waals surface area (Å²) in [5, 5.41) is 23.5. The number of hydrogen-bond acceptors (Lipinski definition) is 5. The smallest absolute Gasteiger partial charge is 0.381 e. The molecule has 128 valence electrons. The van der Waals surface area contributed by atoms with Gasteiger partial charge in [-0.3, -0.25) is 4.79 Å². The Kier molecular flexibility index (Phi) is 5.64. The van der Waals surface area contributed by atoms with E-state index in [1.807, 2.05) is 31.2 Å². The van der Waals surface area contributed by atoms with Gasteiger partial charge in [0.15, 0.2) is 0 Å². The van der Waals surface area contributed by atoms with Gasteiger partial charge in [0.05, 0.1) is 6.10 Å². The first-order chi connectivity index (χ1) is 11.4. The molecule has 2 aromatic rings. The third-order valence-electron chi connectivity index (χ3n) is 3.77. The minimum Gasteiger partial charge on any atom is -0.387 e. The number of aryl methyl sites for hydroxylation is 3. The lowest BCUT2D eigenvalue weighted by Crippen LogP contribution is -2.29. The van der Waals surface area contributed by atoms with Gasteiger partial charge in [-0.2, -0.15) is 0 Å². The van der Waals surface area contributed by atoms with E-state index in [4.69, 9.17) is 0 Å². The summed E-state index contributed by atoms with van der Waals surface area (Å²) in [5.74, 6) is 0.00992. The average Bonchev–Trinajstić information content (AvgIpc) is 2.92. The molecule has 1 atom stereocenters. The Morgan fingerprint density at radius 1 is 1.42 bits per heavy atom. The molecule has 0 saturated heterocycles. The third-order valence-corrected chi connectivity index (χ3v) is 3.77. The van der Waals surface area contributed by atoms with Crippen LogP contribution in [0.2, 0.25) is 0 Å². The lowest BCUT2D eigenvalue weighted by Gasteiger charge is -2.14. The molecule has 24 heavy (non-hydrogen) atoms. The number of carbonyl (C=O) groups excluding carboxylic acids is 1. The zero-order valence-corrected chi connectivity index (χ0v) is 13.6. The van der Waals surface area contributed by atoms with Crippen molar-refractivity contribution >= 4 is 11.7 Å². The van der Waals surface area contributed by atoms with Gasteiger partial charge in [-0.25, -0.2) is 0 Å². The highest BCUT2D eigenvalue weighted by atomic mass is 16.6. The van der Waals surface area contributed by atoms with Gasteiger partial charge in [-0.1, -0.05) is 24.3 Å². The van der Waals surface area contributed by atoms with Crippen LogP contribution in [-0.2, 0) is 11.3 Å². The van der Waals surface area contributed by atoms with E-state index in [1.165, 1.54) is 6.20 Å². The minimum atomic E-state index is -0.772. The zero-order valence-electron chi connectivity index (χ0n) is 13.6. The van der Waals surface area contributed by atoms with Gasteiger partial charge in [0.25, 0.3) is 0 Å². The normalized spacial score (nSPS) is 12.0. The van der Waals surface area contributed by atoms with Crippen LogP contribution in [0.4, 0.5) is 5.82 Å². The molecule has 0 aliphatic carbocycles. The van der Waals surface area contributed by atoms with Crippen LogP contribution in [0.15, 0.2) is 30.5 Å². The first kappa shape index (κ1) is 17.6. The van der Waals surface area contributed by atoms with Crippen molar-refractivity contribution in [1.82, 2.24) is 14.9 Å². The second-order valence-electron chi connectivity index (χ2n) is 5.52. The summed E-state index contributed by atoms with van der Waals surface area (Å²) in [6.07, 6.45) is 0.686. The second-order valence-corrected chi connectivity index (χ2v) is 5.52. The number of amides is 1. The van der Waals surface area contributed by atoms with Gasteiger partial charge in [-0.15, -0.1) is 0 Å². The molecule has 1 aromatic heterocycles. The van der Waals surface area contributed by atoms with Gasteiger partial charge in [0.1, 0.15) is 6.20 Å². The van der Waals surface area contributed by atoms with Crippen LogP contribution < -0.4 is 5.32 Å². The van der Waals surface area contributed by atoms with Gasteiger partial charge in [-0.05, 0) is 28.0 Å². The van der Waals surface area contributed by atoms with Gasteiger partial charge < -0.3 is 25.1 Å². The summed E-state index contributed by atoms with van der Waals surface area (Å²) in [6.45, 7) is 3.95. The maximum absolute atomic E-state index is 11.9. The number of nitrogens with one attached hydrogen (secondary N) is 1. The van der Waals surface area contributed by atoms with E-state index in [1.54, 1.807) is 11.5 Å². The molecular formula is C16H20N4O4. The van der Waals surface area contributed by atoms with Crippen LogP contribution in [0.5, 0.6) is 0 Å². The molecule has 0 spiro atoms. The molecule has 0 saturated carbocycles. The van der Waals surface area contributed by atoms with Gasteiger partial charge in [0.2, 0.25) is 11.7 Å². The van der Waals surface area contributed by atoms with Crippen molar-refractivity contribution in [2.24, 2.45) is 0 Å². The van der Waals surface area contributed by atoms with Crippen molar-refractivity contribution in [3.05, 3.63) is 57.5 Å². The molecule has 8 heteroatoms. The van der Waals surface area contributed by atoms with E-state index in [-0.39, 0.29) is 24.7 Å². The monoisotopic (exact) mass is 332 g/mol. The van der Waals surface area contributed by atoms with E-state index in [2.05, 4.69) is 10.3 Å². The number of hydrogen-bond donors (Lipinski definition) is 2. The van der Waals surface area contributed by atoms with E-state index >= 15 is 0 Å².